The Morgan fingerprint density at radius 2 is 1.69 bits per heavy atom. The second kappa shape index (κ2) is 7.11. The summed E-state index contributed by atoms with van der Waals surface area (Å²) in [4.78, 5) is 13.5. The van der Waals surface area contributed by atoms with E-state index in [0.29, 0.717) is 13.2 Å². The SMILES string of the molecule is COC(Cc1ccc(OCn2c3sccc3c3ccsc32)cc1)C(=O)O. The molecule has 4 aromatic rings. The molecule has 0 bridgehead atoms. The number of benzene rings is 1. The van der Waals surface area contributed by atoms with Gasteiger partial charge in [-0.2, -0.15) is 0 Å². The van der Waals surface area contributed by atoms with Gasteiger partial charge in [0, 0.05) is 24.3 Å². The number of carboxylic acids is 1. The van der Waals surface area contributed by atoms with Crippen molar-refractivity contribution in [2.75, 3.05) is 7.11 Å². The lowest BCUT2D eigenvalue weighted by Crippen LogP contribution is -2.24. The number of ether oxygens (including phenoxy) is 2. The third kappa shape index (κ3) is 3.09. The van der Waals surface area contributed by atoms with Gasteiger partial charge in [-0.1, -0.05) is 12.1 Å². The molecule has 1 aromatic carbocycles. The van der Waals surface area contributed by atoms with Crippen molar-refractivity contribution in [1.29, 1.82) is 0 Å². The van der Waals surface area contributed by atoms with Crippen LogP contribution in [0.15, 0.2) is 47.2 Å². The second-order valence-corrected chi connectivity index (χ2v) is 7.68. The van der Waals surface area contributed by atoms with Crippen molar-refractivity contribution >= 4 is 49.1 Å². The van der Waals surface area contributed by atoms with Crippen molar-refractivity contribution in [2.45, 2.75) is 19.3 Å². The number of thiophene rings is 2. The van der Waals surface area contributed by atoms with Gasteiger partial charge >= 0.3 is 5.97 Å². The molecule has 1 unspecified atom stereocenters. The summed E-state index contributed by atoms with van der Waals surface area (Å²) in [5.41, 5.74) is 0.897. The van der Waals surface area contributed by atoms with Gasteiger partial charge in [-0.3, -0.25) is 4.57 Å². The molecule has 0 fully saturated rings. The molecule has 0 spiro atoms. The fraction of sp³-hybridized carbons (Fsp3) is 0.211. The first-order chi connectivity index (χ1) is 12.7. The summed E-state index contributed by atoms with van der Waals surface area (Å²) in [5.74, 6) is -0.207. The van der Waals surface area contributed by atoms with E-state index in [2.05, 4.69) is 27.5 Å². The minimum Gasteiger partial charge on any atom is -0.479 e. The molecule has 0 aliphatic heterocycles. The van der Waals surface area contributed by atoms with Crippen LogP contribution < -0.4 is 4.74 Å². The molecule has 0 saturated heterocycles. The van der Waals surface area contributed by atoms with E-state index in [1.165, 1.54) is 27.5 Å². The van der Waals surface area contributed by atoms with Gasteiger partial charge in [0.05, 0.1) is 0 Å². The van der Waals surface area contributed by atoms with Crippen molar-refractivity contribution < 1.29 is 19.4 Å². The van der Waals surface area contributed by atoms with E-state index in [-0.39, 0.29) is 0 Å². The third-order valence-corrected chi connectivity index (χ3v) is 6.21. The van der Waals surface area contributed by atoms with Crippen LogP contribution in [0.1, 0.15) is 5.56 Å². The number of hydrogen-bond acceptors (Lipinski definition) is 5. The number of methoxy groups -OCH3 is 1. The third-order valence-electron chi connectivity index (χ3n) is 4.33. The van der Waals surface area contributed by atoms with Gasteiger partial charge in [0.2, 0.25) is 0 Å². The van der Waals surface area contributed by atoms with Crippen LogP contribution in [0.2, 0.25) is 0 Å². The number of carboxylic acid groups (broad SMARTS) is 1. The number of aromatic nitrogens is 1. The van der Waals surface area contributed by atoms with Gasteiger partial charge < -0.3 is 14.6 Å². The molecule has 3 aromatic heterocycles. The topological polar surface area (TPSA) is 60.7 Å². The van der Waals surface area contributed by atoms with Crippen LogP contribution in [-0.4, -0.2) is 28.9 Å². The Morgan fingerprint density at radius 3 is 2.23 bits per heavy atom. The number of nitrogens with zero attached hydrogens (tertiary/aromatic N) is 1. The lowest BCUT2D eigenvalue weighted by molar-refractivity contribution is -0.148. The molecule has 26 heavy (non-hydrogen) atoms. The highest BCUT2D eigenvalue weighted by Gasteiger charge is 2.17. The highest BCUT2D eigenvalue weighted by atomic mass is 32.1. The van der Waals surface area contributed by atoms with Crippen LogP contribution >= 0.6 is 22.7 Å². The van der Waals surface area contributed by atoms with Crippen LogP contribution in [0.4, 0.5) is 0 Å². The zero-order chi connectivity index (χ0) is 18.1. The number of hydrogen-bond donors (Lipinski definition) is 1. The zero-order valence-electron chi connectivity index (χ0n) is 14.0. The summed E-state index contributed by atoms with van der Waals surface area (Å²) in [6.45, 7) is 0.441. The standard InChI is InChI=1S/C19H17NO4S2/c1-23-16(19(21)22)10-12-2-4-13(5-3-12)24-11-20-17-14(6-8-25-17)15-7-9-26-18(15)20/h2-9,16H,10-11H2,1H3,(H,21,22). The summed E-state index contributed by atoms with van der Waals surface area (Å²) in [7, 11) is 1.41. The maximum Gasteiger partial charge on any atom is 0.333 e. The molecule has 4 rings (SSSR count). The van der Waals surface area contributed by atoms with Crippen LogP contribution in [0.5, 0.6) is 5.75 Å². The predicted octanol–water partition coefficient (Wildman–Crippen LogP) is 4.60. The highest BCUT2D eigenvalue weighted by Crippen LogP contribution is 2.35. The Bertz CT molecular complexity index is 997. The fourth-order valence-electron chi connectivity index (χ4n) is 2.99. The van der Waals surface area contributed by atoms with Crippen LogP contribution in [0, 0.1) is 0 Å². The lowest BCUT2D eigenvalue weighted by Gasteiger charge is -2.12. The molecule has 5 nitrogen and oxygen atoms in total. The Balaban J connectivity index is 1.49. The molecular weight excluding hydrogens is 370 g/mol. The molecule has 0 amide bonds. The smallest absolute Gasteiger partial charge is 0.333 e. The van der Waals surface area contributed by atoms with Crippen LogP contribution in [0.3, 0.4) is 0 Å². The molecular formula is C19H17NO4S2. The predicted molar refractivity (Wildman–Crippen MR) is 104 cm³/mol. The summed E-state index contributed by atoms with van der Waals surface area (Å²) in [6.07, 6.45) is -0.504. The molecule has 0 aliphatic carbocycles. The lowest BCUT2D eigenvalue weighted by atomic mass is 10.1. The van der Waals surface area contributed by atoms with Crippen molar-refractivity contribution in [1.82, 2.24) is 4.57 Å². The highest BCUT2D eigenvalue weighted by molar-refractivity contribution is 7.19. The van der Waals surface area contributed by atoms with Crippen molar-refractivity contribution in [3.05, 3.63) is 52.7 Å². The molecule has 0 saturated carbocycles. The van der Waals surface area contributed by atoms with Gasteiger partial charge in [-0.25, -0.2) is 4.79 Å². The van der Waals surface area contributed by atoms with Gasteiger partial charge in [-0.15, -0.1) is 22.7 Å². The minimum atomic E-state index is -0.958. The van der Waals surface area contributed by atoms with E-state index in [9.17, 15) is 4.79 Å². The first-order valence-corrected chi connectivity index (χ1v) is 9.83. The number of rotatable bonds is 7. The van der Waals surface area contributed by atoms with E-state index in [1.54, 1.807) is 22.7 Å². The Hall–Kier alpha value is -2.35. The average molecular weight is 387 g/mol. The van der Waals surface area contributed by atoms with Gasteiger partial charge in [0.1, 0.15) is 15.4 Å². The molecule has 1 atom stereocenters. The Kier molecular flexibility index (Phi) is 4.67. The summed E-state index contributed by atoms with van der Waals surface area (Å²) in [6, 6.07) is 11.8. The summed E-state index contributed by atoms with van der Waals surface area (Å²) < 4.78 is 13.1. The van der Waals surface area contributed by atoms with Crippen LogP contribution in [0.25, 0.3) is 20.4 Å². The molecule has 3 heterocycles. The van der Waals surface area contributed by atoms with Crippen molar-refractivity contribution in [3.8, 4) is 5.75 Å². The quantitative estimate of drug-likeness (QED) is 0.504. The Labute approximate surface area is 158 Å². The van der Waals surface area contributed by atoms with Gasteiger partial charge in [0.25, 0.3) is 0 Å². The van der Waals surface area contributed by atoms with E-state index in [0.717, 1.165) is 11.3 Å². The molecule has 1 N–H and O–H groups in total. The van der Waals surface area contributed by atoms with E-state index < -0.39 is 12.1 Å². The molecule has 0 aliphatic rings. The van der Waals surface area contributed by atoms with E-state index >= 15 is 0 Å². The van der Waals surface area contributed by atoms with Gasteiger partial charge in [0.15, 0.2) is 12.8 Å². The van der Waals surface area contributed by atoms with Gasteiger partial charge in [-0.05, 0) is 40.6 Å². The van der Waals surface area contributed by atoms with Crippen molar-refractivity contribution in [3.63, 3.8) is 0 Å². The molecule has 7 heteroatoms. The monoisotopic (exact) mass is 387 g/mol. The fourth-order valence-corrected chi connectivity index (χ4v) is 4.86. The second-order valence-electron chi connectivity index (χ2n) is 5.89. The van der Waals surface area contributed by atoms with Crippen LogP contribution in [-0.2, 0) is 22.7 Å². The first kappa shape index (κ1) is 17.1. The van der Waals surface area contributed by atoms with E-state index in [4.69, 9.17) is 14.6 Å². The minimum absolute atomic E-state index is 0.329. The normalized spacial score (nSPS) is 12.7. The number of aliphatic carboxylic acids is 1. The summed E-state index contributed by atoms with van der Waals surface area (Å²) in [5, 5.41) is 15.8. The Morgan fingerprint density at radius 1 is 1.08 bits per heavy atom. The van der Waals surface area contributed by atoms with E-state index in [1.807, 2.05) is 24.3 Å². The number of fused-ring (bicyclic) bond motifs is 3. The molecule has 0 radical (unpaired) electrons. The first-order valence-electron chi connectivity index (χ1n) is 8.07. The molecule has 134 valence electrons. The largest absolute Gasteiger partial charge is 0.479 e. The number of carbonyl (C=O) groups is 1. The summed E-state index contributed by atoms with van der Waals surface area (Å²) >= 11 is 3.43. The van der Waals surface area contributed by atoms with Crippen molar-refractivity contribution in [2.24, 2.45) is 0 Å². The maximum absolute atomic E-state index is 11.1. The zero-order valence-corrected chi connectivity index (χ0v) is 15.7. The average Bonchev–Trinajstić information content (AvgIpc) is 3.33. The maximum atomic E-state index is 11.1.